The molecule has 3 nitrogen and oxygen atoms in total. The van der Waals surface area contributed by atoms with Crippen LogP contribution in [0.15, 0.2) is 16.6 Å². The van der Waals surface area contributed by atoms with Gasteiger partial charge >= 0.3 is 6.18 Å². The molecule has 0 heterocycles. The maximum Gasteiger partial charge on any atom is 0.411 e. The van der Waals surface area contributed by atoms with Gasteiger partial charge in [-0.25, -0.2) is 8.78 Å². The minimum Gasteiger partial charge on any atom is -0.370 e. The molecule has 1 aromatic carbocycles. The third-order valence-electron chi connectivity index (χ3n) is 2.18. The topological polar surface area (TPSA) is 47.3 Å². The van der Waals surface area contributed by atoms with Crippen molar-refractivity contribution in [3.05, 3.63) is 33.8 Å². The van der Waals surface area contributed by atoms with E-state index in [1.807, 2.05) is 5.43 Å². The second-order valence-electron chi connectivity index (χ2n) is 3.61. The number of hydrogen-bond donors (Lipinski definition) is 2. The van der Waals surface area contributed by atoms with Gasteiger partial charge in [-0.3, -0.25) is 11.3 Å². The van der Waals surface area contributed by atoms with E-state index in [0.717, 1.165) is 12.1 Å². The molecule has 0 bridgehead atoms. The Bertz CT molecular complexity index is 441. The van der Waals surface area contributed by atoms with Crippen molar-refractivity contribution >= 4 is 15.9 Å². The SMILES string of the molecule is NNC(COCC(F)(F)F)c1c(F)ccc(Br)c1F. The number of hydrazine groups is 1. The lowest BCUT2D eigenvalue weighted by molar-refractivity contribution is -0.175. The Morgan fingerprint density at radius 1 is 1.32 bits per heavy atom. The lowest BCUT2D eigenvalue weighted by atomic mass is 10.1. The normalized spacial score (nSPS) is 13.6. The van der Waals surface area contributed by atoms with Crippen molar-refractivity contribution in [3.63, 3.8) is 0 Å². The Morgan fingerprint density at radius 2 is 1.95 bits per heavy atom. The largest absolute Gasteiger partial charge is 0.411 e. The molecule has 1 atom stereocenters. The summed E-state index contributed by atoms with van der Waals surface area (Å²) in [7, 11) is 0. The molecule has 0 radical (unpaired) electrons. The van der Waals surface area contributed by atoms with Gasteiger partial charge < -0.3 is 4.74 Å². The van der Waals surface area contributed by atoms with Gasteiger partial charge in [0.25, 0.3) is 0 Å². The van der Waals surface area contributed by atoms with E-state index in [1.54, 1.807) is 0 Å². The third kappa shape index (κ3) is 4.68. The maximum atomic E-state index is 13.7. The van der Waals surface area contributed by atoms with Crippen LogP contribution in [0.5, 0.6) is 0 Å². The molecular weight excluding hydrogens is 339 g/mol. The van der Waals surface area contributed by atoms with Gasteiger partial charge in [0, 0.05) is 5.56 Å². The zero-order valence-corrected chi connectivity index (χ0v) is 11.0. The van der Waals surface area contributed by atoms with Gasteiger partial charge in [0.2, 0.25) is 0 Å². The number of nitrogens with two attached hydrogens (primary N) is 1. The van der Waals surface area contributed by atoms with Crippen molar-refractivity contribution < 1.29 is 26.7 Å². The molecule has 1 unspecified atom stereocenters. The van der Waals surface area contributed by atoms with E-state index in [-0.39, 0.29) is 4.47 Å². The number of nitrogens with one attached hydrogen (secondary N) is 1. The Morgan fingerprint density at radius 3 is 2.47 bits per heavy atom. The first-order valence-electron chi connectivity index (χ1n) is 5.00. The molecule has 1 rings (SSSR count). The number of rotatable bonds is 5. The summed E-state index contributed by atoms with van der Waals surface area (Å²) in [4.78, 5) is 0. The fourth-order valence-electron chi connectivity index (χ4n) is 1.37. The van der Waals surface area contributed by atoms with Crippen molar-refractivity contribution in [1.29, 1.82) is 0 Å². The van der Waals surface area contributed by atoms with Crippen molar-refractivity contribution in [3.8, 4) is 0 Å². The lowest BCUT2D eigenvalue weighted by Gasteiger charge is -2.19. The minimum atomic E-state index is -4.52. The van der Waals surface area contributed by atoms with Crippen LogP contribution >= 0.6 is 15.9 Å². The highest BCUT2D eigenvalue weighted by Crippen LogP contribution is 2.27. The molecule has 1 aromatic rings. The Balaban J connectivity index is 2.83. The molecule has 0 saturated carbocycles. The smallest absolute Gasteiger partial charge is 0.370 e. The Kier molecular flexibility index (Phi) is 5.65. The predicted octanol–water partition coefficient (Wildman–Crippen LogP) is 2.81. The van der Waals surface area contributed by atoms with Crippen LogP contribution in [0, 0.1) is 11.6 Å². The molecule has 0 aromatic heterocycles. The van der Waals surface area contributed by atoms with E-state index in [0.29, 0.717) is 0 Å². The maximum absolute atomic E-state index is 13.7. The van der Waals surface area contributed by atoms with Gasteiger partial charge in [-0.2, -0.15) is 13.2 Å². The summed E-state index contributed by atoms with van der Waals surface area (Å²) in [6, 6.07) is 0.870. The molecule has 19 heavy (non-hydrogen) atoms. The van der Waals surface area contributed by atoms with Crippen LogP contribution in [0.4, 0.5) is 22.0 Å². The van der Waals surface area contributed by atoms with E-state index >= 15 is 0 Å². The first kappa shape index (κ1) is 16.3. The first-order chi connectivity index (χ1) is 8.76. The molecule has 0 saturated heterocycles. The second kappa shape index (κ2) is 6.60. The predicted molar refractivity (Wildman–Crippen MR) is 61.0 cm³/mol. The van der Waals surface area contributed by atoms with Gasteiger partial charge in [-0.1, -0.05) is 0 Å². The summed E-state index contributed by atoms with van der Waals surface area (Å²) in [6.45, 7) is -2.15. The number of benzene rings is 1. The van der Waals surface area contributed by atoms with Crippen molar-refractivity contribution in [2.24, 2.45) is 5.84 Å². The van der Waals surface area contributed by atoms with Crippen LogP contribution in [0.3, 0.4) is 0 Å². The molecule has 3 N–H and O–H groups in total. The molecule has 0 aliphatic rings. The molecule has 0 amide bonds. The van der Waals surface area contributed by atoms with Crippen LogP contribution in [-0.2, 0) is 4.74 Å². The molecule has 0 aliphatic heterocycles. The standard InChI is InChI=1S/C10H10BrF5N2O/c11-5-1-2-6(12)8(9(5)13)7(18-17)3-19-4-10(14,15)16/h1-2,7,18H,3-4,17H2. The Hall–Kier alpha value is -0.770. The quantitative estimate of drug-likeness (QED) is 0.372. The lowest BCUT2D eigenvalue weighted by Crippen LogP contribution is -2.34. The zero-order chi connectivity index (χ0) is 14.6. The molecule has 0 fully saturated rings. The van der Waals surface area contributed by atoms with Crippen molar-refractivity contribution in [2.45, 2.75) is 12.2 Å². The van der Waals surface area contributed by atoms with E-state index in [1.165, 1.54) is 0 Å². The van der Waals surface area contributed by atoms with Gasteiger partial charge in [0.15, 0.2) is 0 Å². The highest BCUT2D eigenvalue weighted by molar-refractivity contribution is 9.10. The molecular formula is C10H10BrF5N2O. The fraction of sp³-hybridized carbons (Fsp3) is 0.400. The average Bonchev–Trinajstić information content (AvgIpc) is 2.31. The van der Waals surface area contributed by atoms with Crippen molar-refractivity contribution in [1.82, 2.24) is 5.43 Å². The van der Waals surface area contributed by atoms with Gasteiger partial charge in [-0.15, -0.1) is 0 Å². The summed E-state index contributed by atoms with van der Waals surface area (Å²) in [5.41, 5.74) is 1.53. The highest BCUT2D eigenvalue weighted by Gasteiger charge is 2.29. The van der Waals surface area contributed by atoms with Crippen LogP contribution < -0.4 is 11.3 Å². The Labute approximate surface area is 114 Å². The third-order valence-corrected chi connectivity index (χ3v) is 2.79. The summed E-state index contributed by atoms with van der Waals surface area (Å²) < 4.78 is 67.2. The number of hydrogen-bond acceptors (Lipinski definition) is 3. The summed E-state index contributed by atoms with van der Waals surface area (Å²) in [5, 5.41) is 0. The molecule has 0 aliphatic carbocycles. The van der Waals surface area contributed by atoms with Crippen LogP contribution in [-0.4, -0.2) is 19.4 Å². The fourth-order valence-corrected chi connectivity index (χ4v) is 1.72. The van der Waals surface area contributed by atoms with E-state index in [2.05, 4.69) is 20.7 Å². The van der Waals surface area contributed by atoms with Gasteiger partial charge in [0.05, 0.1) is 17.1 Å². The van der Waals surface area contributed by atoms with Crippen molar-refractivity contribution in [2.75, 3.05) is 13.2 Å². The van der Waals surface area contributed by atoms with Crippen LogP contribution in [0.25, 0.3) is 0 Å². The number of halogens is 6. The molecule has 0 spiro atoms. The van der Waals surface area contributed by atoms with Crippen LogP contribution in [0.1, 0.15) is 11.6 Å². The summed E-state index contributed by atoms with van der Waals surface area (Å²) in [5.74, 6) is 3.21. The number of ether oxygens (including phenoxy) is 1. The summed E-state index contributed by atoms with van der Waals surface area (Å²) in [6.07, 6.45) is -4.52. The van der Waals surface area contributed by atoms with Gasteiger partial charge in [0.1, 0.15) is 18.2 Å². The zero-order valence-electron chi connectivity index (χ0n) is 9.40. The van der Waals surface area contributed by atoms with Gasteiger partial charge in [-0.05, 0) is 28.1 Å². The van der Waals surface area contributed by atoms with Crippen LogP contribution in [0.2, 0.25) is 0 Å². The van der Waals surface area contributed by atoms with E-state index < -0.39 is 42.6 Å². The first-order valence-corrected chi connectivity index (χ1v) is 5.79. The van der Waals surface area contributed by atoms with E-state index in [9.17, 15) is 22.0 Å². The summed E-state index contributed by atoms with van der Waals surface area (Å²) >= 11 is 2.85. The average molecular weight is 349 g/mol. The minimum absolute atomic E-state index is 0.0278. The number of alkyl halides is 3. The second-order valence-corrected chi connectivity index (χ2v) is 4.46. The van der Waals surface area contributed by atoms with E-state index in [4.69, 9.17) is 5.84 Å². The highest BCUT2D eigenvalue weighted by atomic mass is 79.9. The monoisotopic (exact) mass is 348 g/mol. The molecule has 9 heteroatoms. The molecule has 108 valence electrons.